The molecule has 3 heteroatoms. The maximum atomic E-state index is 5.19. The SMILES string of the molecule is COc1ccc(C2(C)CNCCN2C)cc1. The molecule has 1 aromatic carbocycles. The highest BCUT2D eigenvalue weighted by Gasteiger charge is 2.33. The van der Waals surface area contributed by atoms with Gasteiger partial charge in [0.2, 0.25) is 0 Å². The van der Waals surface area contributed by atoms with E-state index in [1.54, 1.807) is 7.11 Å². The molecule has 1 N–H and O–H groups in total. The van der Waals surface area contributed by atoms with Crippen molar-refractivity contribution in [3.05, 3.63) is 29.8 Å². The highest BCUT2D eigenvalue weighted by atomic mass is 16.5. The maximum Gasteiger partial charge on any atom is 0.118 e. The molecule has 0 saturated carbocycles. The summed E-state index contributed by atoms with van der Waals surface area (Å²) in [5.41, 5.74) is 1.42. The van der Waals surface area contributed by atoms with Crippen LogP contribution < -0.4 is 10.1 Å². The molecule has 0 radical (unpaired) electrons. The quantitative estimate of drug-likeness (QED) is 0.816. The Kier molecular flexibility index (Phi) is 3.17. The summed E-state index contributed by atoms with van der Waals surface area (Å²) in [4.78, 5) is 2.41. The Morgan fingerprint density at radius 1 is 1.31 bits per heavy atom. The molecular formula is C13H20N2O. The Morgan fingerprint density at radius 2 is 2.00 bits per heavy atom. The third kappa shape index (κ3) is 1.93. The molecule has 0 bridgehead atoms. The lowest BCUT2D eigenvalue weighted by molar-refractivity contribution is 0.104. The van der Waals surface area contributed by atoms with Crippen molar-refractivity contribution in [3.8, 4) is 5.75 Å². The standard InChI is InChI=1S/C13H20N2O/c1-13(10-14-8-9-15(13)2)11-4-6-12(16-3)7-5-11/h4-7,14H,8-10H2,1-3H3. The zero-order chi connectivity index (χ0) is 11.6. The third-order valence-corrected chi connectivity index (χ3v) is 3.65. The summed E-state index contributed by atoms with van der Waals surface area (Å²) >= 11 is 0. The van der Waals surface area contributed by atoms with Crippen LogP contribution in [0.3, 0.4) is 0 Å². The first-order chi connectivity index (χ1) is 7.66. The first-order valence-electron chi connectivity index (χ1n) is 5.73. The van der Waals surface area contributed by atoms with E-state index in [1.807, 2.05) is 12.1 Å². The number of methoxy groups -OCH3 is 1. The number of nitrogens with one attached hydrogen (secondary N) is 1. The van der Waals surface area contributed by atoms with Crippen molar-refractivity contribution in [2.24, 2.45) is 0 Å². The lowest BCUT2D eigenvalue weighted by atomic mass is 9.89. The Hall–Kier alpha value is -1.06. The normalized spacial score (nSPS) is 26.7. The van der Waals surface area contributed by atoms with E-state index in [0.29, 0.717) is 0 Å². The molecule has 3 nitrogen and oxygen atoms in total. The molecule has 0 aliphatic carbocycles. The molecule has 2 rings (SSSR count). The number of ether oxygens (including phenoxy) is 1. The minimum Gasteiger partial charge on any atom is -0.497 e. The number of piperazine rings is 1. The maximum absolute atomic E-state index is 5.19. The van der Waals surface area contributed by atoms with Crippen LogP contribution in [0.5, 0.6) is 5.75 Å². The molecular weight excluding hydrogens is 200 g/mol. The predicted molar refractivity (Wildman–Crippen MR) is 65.8 cm³/mol. The largest absolute Gasteiger partial charge is 0.497 e. The zero-order valence-electron chi connectivity index (χ0n) is 10.3. The van der Waals surface area contributed by atoms with E-state index >= 15 is 0 Å². The molecule has 0 aromatic heterocycles. The van der Waals surface area contributed by atoms with E-state index in [1.165, 1.54) is 5.56 Å². The molecule has 1 atom stereocenters. The van der Waals surface area contributed by atoms with Crippen LogP contribution in [0, 0.1) is 0 Å². The fourth-order valence-electron chi connectivity index (χ4n) is 2.23. The summed E-state index contributed by atoms with van der Waals surface area (Å²) in [7, 11) is 3.89. The van der Waals surface area contributed by atoms with Gasteiger partial charge in [0, 0.05) is 19.6 Å². The van der Waals surface area contributed by atoms with Gasteiger partial charge in [0.25, 0.3) is 0 Å². The summed E-state index contributed by atoms with van der Waals surface area (Å²) in [5, 5.41) is 3.46. The van der Waals surface area contributed by atoms with E-state index in [2.05, 4.69) is 36.3 Å². The Labute approximate surface area is 97.4 Å². The molecule has 0 amide bonds. The molecule has 1 unspecified atom stereocenters. The van der Waals surface area contributed by atoms with Crippen LogP contribution in [0.4, 0.5) is 0 Å². The second-order valence-electron chi connectivity index (χ2n) is 4.60. The second-order valence-corrected chi connectivity index (χ2v) is 4.60. The smallest absolute Gasteiger partial charge is 0.118 e. The van der Waals surface area contributed by atoms with Crippen molar-refractivity contribution >= 4 is 0 Å². The number of hydrogen-bond acceptors (Lipinski definition) is 3. The van der Waals surface area contributed by atoms with Crippen LogP contribution in [-0.4, -0.2) is 38.7 Å². The van der Waals surface area contributed by atoms with Gasteiger partial charge in [-0.3, -0.25) is 4.90 Å². The number of nitrogens with zero attached hydrogens (tertiary/aromatic N) is 1. The molecule has 1 aromatic rings. The highest BCUT2D eigenvalue weighted by Crippen LogP contribution is 2.29. The summed E-state index contributed by atoms with van der Waals surface area (Å²) in [5.74, 6) is 0.916. The van der Waals surface area contributed by atoms with Crippen molar-refractivity contribution in [3.63, 3.8) is 0 Å². The van der Waals surface area contributed by atoms with Gasteiger partial charge in [0.05, 0.1) is 12.6 Å². The van der Waals surface area contributed by atoms with Crippen LogP contribution in [0.15, 0.2) is 24.3 Å². The topological polar surface area (TPSA) is 24.5 Å². The minimum atomic E-state index is 0.0878. The van der Waals surface area contributed by atoms with E-state index in [0.717, 1.165) is 25.4 Å². The molecule has 1 aliphatic heterocycles. The zero-order valence-corrected chi connectivity index (χ0v) is 10.3. The van der Waals surface area contributed by atoms with Crippen LogP contribution >= 0.6 is 0 Å². The van der Waals surface area contributed by atoms with E-state index < -0.39 is 0 Å². The van der Waals surface area contributed by atoms with Crippen molar-refractivity contribution in [2.75, 3.05) is 33.8 Å². The lowest BCUT2D eigenvalue weighted by Gasteiger charge is -2.43. The Balaban J connectivity index is 2.26. The Morgan fingerprint density at radius 3 is 2.56 bits per heavy atom. The van der Waals surface area contributed by atoms with Gasteiger partial charge in [0.15, 0.2) is 0 Å². The number of rotatable bonds is 2. The number of hydrogen-bond donors (Lipinski definition) is 1. The third-order valence-electron chi connectivity index (χ3n) is 3.65. The molecule has 1 fully saturated rings. The van der Waals surface area contributed by atoms with Gasteiger partial charge in [-0.05, 0) is 31.7 Å². The van der Waals surface area contributed by atoms with Crippen molar-refractivity contribution < 1.29 is 4.74 Å². The van der Waals surface area contributed by atoms with Gasteiger partial charge in [-0.15, -0.1) is 0 Å². The van der Waals surface area contributed by atoms with Gasteiger partial charge in [-0.2, -0.15) is 0 Å². The van der Waals surface area contributed by atoms with E-state index in [4.69, 9.17) is 4.74 Å². The van der Waals surface area contributed by atoms with Gasteiger partial charge in [-0.25, -0.2) is 0 Å². The predicted octanol–water partition coefficient (Wildman–Crippen LogP) is 1.45. The van der Waals surface area contributed by atoms with Crippen LogP contribution in [0.1, 0.15) is 12.5 Å². The fraction of sp³-hybridized carbons (Fsp3) is 0.538. The molecule has 1 saturated heterocycles. The summed E-state index contributed by atoms with van der Waals surface area (Å²) in [6.45, 7) is 5.43. The molecule has 88 valence electrons. The summed E-state index contributed by atoms with van der Waals surface area (Å²) in [6.07, 6.45) is 0. The van der Waals surface area contributed by atoms with Gasteiger partial charge < -0.3 is 10.1 Å². The molecule has 0 spiro atoms. The summed E-state index contributed by atoms with van der Waals surface area (Å²) in [6, 6.07) is 8.37. The van der Waals surface area contributed by atoms with Gasteiger partial charge in [0.1, 0.15) is 5.75 Å². The number of likely N-dealkylation sites (N-methyl/N-ethyl adjacent to an activating group) is 1. The van der Waals surface area contributed by atoms with Crippen molar-refractivity contribution in [1.82, 2.24) is 10.2 Å². The monoisotopic (exact) mass is 220 g/mol. The summed E-state index contributed by atoms with van der Waals surface area (Å²) < 4.78 is 5.19. The molecule has 1 heterocycles. The van der Waals surface area contributed by atoms with Gasteiger partial charge >= 0.3 is 0 Å². The number of benzene rings is 1. The fourth-order valence-corrected chi connectivity index (χ4v) is 2.23. The van der Waals surface area contributed by atoms with E-state index in [-0.39, 0.29) is 5.54 Å². The van der Waals surface area contributed by atoms with Crippen LogP contribution in [0.25, 0.3) is 0 Å². The van der Waals surface area contributed by atoms with Crippen LogP contribution in [0.2, 0.25) is 0 Å². The molecule has 1 aliphatic rings. The first kappa shape index (κ1) is 11.4. The highest BCUT2D eigenvalue weighted by molar-refractivity contribution is 5.32. The van der Waals surface area contributed by atoms with Crippen molar-refractivity contribution in [1.29, 1.82) is 0 Å². The average molecular weight is 220 g/mol. The van der Waals surface area contributed by atoms with Gasteiger partial charge in [-0.1, -0.05) is 12.1 Å². The molecule has 16 heavy (non-hydrogen) atoms. The van der Waals surface area contributed by atoms with Crippen molar-refractivity contribution in [2.45, 2.75) is 12.5 Å². The average Bonchev–Trinajstić information content (AvgIpc) is 2.33. The van der Waals surface area contributed by atoms with Crippen LogP contribution in [-0.2, 0) is 5.54 Å². The first-order valence-corrected chi connectivity index (χ1v) is 5.73. The van der Waals surface area contributed by atoms with E-state index in [9.17, 15) is 0 Å². The minimum absolute atomic E-state index is 0.0878. The Bertz CT molecular complexity index is 349. The second kappa shape index (κ2) is 4.44. The lowest BCUT2D eigenvalue weighted by Crippen LogP contribution is -2.55.